The highest BCUT2D eigenvalue weighted by Crippen LogP contribution is 2.26. The molecule has 182 valence electrons. The Bertz CT molecular complexity index is 1280. The Morgan fingerprint density at radius 3 is 2.57 bits per heavy atom. The second kappa shape index (κ2) is 12.1. The molecule has 0 bridgehead atoms. The maximum atomic E-state index is 13.0. The average molecular weight is 494 g/mol. The molecule has 0 radical (unpaired) electrons. The number of fused-ring (bicyclic) bond motifs is 1. The normalized spacial score (nSPS) is 13.2. The Kier molecular flexibility index (Phi) is 8.95. The van der Waals surface area contributed by atoms with Crippen molar-refractivity contribution in [3.63, 3.8) is 0 Å². The Balaban J connectivity index is 1.52. The van der Waals surface area contributed by atoms with E-state index in [9.17, 15) is 18.9 Å². The Morgan fingerprint density at radius 2 is 1.86 bits per heavy atom. The van der Waals surface area contributed by atoms with Gasteiger partial charge in [-0.2, -0.15) is 0 Å². The first-order valence-electron chi connectivity index (χ1n) is 11.1. The lowest BCUT2D eigenvalue weighted by atomic mass is 10.1. The van der Waals surface area contributed by atoms with Crippen molar-refractivity contribution in [2.24, 2.45) is 5.73 Å². The lowest BCUT2D eigenvalue weighted by Gasteiger charge is -2.24. The second-order valence-electron chi connectivity index (χ2n) is 7.71. The topological polar surface area (TPSA) is 132 Å². The van der Waals surface area contributed by atoms with E-state index in [1.807, 2.05) is 30.3 Å². The molecule has 0 spiro atoms. The fourth-order valence-electron chi connectivity index (χ4n) is 3.33. The molecule has 4 N–H and O–H groups in total. The van der Waals surface area contributed by atoms with E-state index < -0.39 is 21.6 Å². The van der Waals surface area contributed by atoms with Gasteiger partial charge in [-0.15, -0.1) is 5.92 Å². The summed E-state index contributed by atoms with van der Waals surface area (Å²) < 4.78 is 18.4. The summed E-state index contributed by atoms with van der Waals surface area (Å²) in [4.78, 5) is 26.8. The van der Waals surface area contributed by atoms with Crippen LogP contribution < -0.4 is 15.8 Å². The number of nitrogens with two attached hydrogens (primary N) is 1. The smallest absolute Gasteiger partial charge is 0.269 e. The summed E-state index contributed by atoms with van der Waals surface area (Å²) in [6.07, 6.45) is 0.633. The van der Waals surface area contributed by atoms with Gasteiger partial charge in [0.25, 0.3) is 11.8 Å². The molecule has 0 aliphatic carbocycles. The fourth-order valence-corrected chi connectivity index (χ4v) is 4.61. The minimum absolute atomic E-state index is 0.122. The van der Waals surface area contributed by atoms with Crippen molar-refractivity contribution in [3.8, 4) is 17.6 Å². The maximum absolute atomic E-state index is 13.0. The number of pyridine rings is 1. The molecule has 0 fully saturated rings. The van der Waals surface area contributed by atoms with Gasteiger partial charge in [0.1, 0.15) is 18.1 Å². The minimum atomic E-state index is -2.24. The largest absolute Gasteiger partial charge is 0.481 e. The van der Waals surface area contributed by atoms with E-state index in [-0.39, 0.29) is 23.8 Å². The van der Waals surface area contributed by atoms with Crippen LogP contribution in [-0.4, -0.2) is 44.2 Å². The van der Waals surface area contributed by atoms with Crippen molar-refractivity contribution in [1.29, 1.82) is 0 Å². The molecule has 8 nitrogen and oxygen atoms in total. The van der Waals surface area contributed by atoms with Crippen molar-refractivity contribution >= 4 is 33.5 Å². The number of carbonyl (C=O) groups is 2. The number of rotatable bonds is 11. The number of unbranched alkanes of at least 4 members (excludes halogenated alkanes) is 1. The van der Waals surface area contributed by atoms with Crippen LogP contribution in [0, 0.1) is 11.8 Å². The zero-order valence-electron chi connectivity index (χ0n) is 19.3. The highest BCUT2D eigenvalue weighted by atomic mass is 32.2. The number of hydrogen-bond donors (Lipinski definition) is 3. The number of para-hydroxylation sites is 1. The molecular formula is C26H27N3O5S. The monoisotopic (exact) mass is 493 g/mol. The van der Waals surface area contributed by atoms with Gasteiger partial charge in [0.05, 0.1) is 16.3 Å². The van der Waals surface area contributed by atoms with Crippen LogP contribution in [0.25, 0.3) is 10.9 Å². The van der Waals surface area contributed by atoms with E-state index in [1.54, 1.807) is 25.1 Å². The molecule has 3 aromatic rings. The number of benzene rings is 2. The molecule has 0 aliphatic heterocycles. The van der Waals surface area contributed by atoms with Crippen LogP contribution in [0.1, 0.15) is 36.7 Å². The number of carbonyl (C=O) groups excluding carboxylic acids is 2. The van der Waals surface area contributed by atoms with Crippen LogP contribution in [0.3, 0.4) is 0 Å². The van der Waals surface area contributed by atoms with Crippen LogP contribution in [0.2, 0.25) is 0 Å². The summed E-state index contributed by atoms with van der Waals surface area (Å²) in [5.41, 5.74) is 6.43. The van der Waals surface area contributed by atoms with Crippen molar-refractivity contribution in [2.75, 3.05) is 13.2 Å². The molecule has 3 rings (SSSR count). The first kappa shape index (κ1) is 25.9. The third-order valence-corrected chi connectivity index (χ3v) is 7.00. The van der Waals surface area contributed by atoms with Crippen molar-refractivity contribution in [3.05, 3.63) is 66.4 Å². The van der Waals surface area contributed by atoms with E-state index in [4.69, 9.17) is 10.5 Å². The van der Waals surface area contributed by atoms with Crippen LogP contribution in [0.5, 0.6) is 5.75 Å². The highest BCUT2D eigenvalue weighted by molar-refractivity contribution is 7.87. The molecule has 0 saturated heterocycles. The summed E-state index contributed by atoms with van der Waals surface area (Å²) in [7, 11) is -2.09. The first-order chi connectivity index (χ1) is 16.8. The standard InChI is InChI=1S/C26H27N3O5S/c1-2-3-18-34-20-11-13-21(14-12-20)35(33)26(32,25(27)31)16-6-7-17-28-24(30)23-15-10-19-8-4-5-9-22(19)29-23/h4-5,8-15,32H,6-7,16-18H2,1H3,(H2,27,31)(H,28,30). The number of hydrogen-bond acceptors (Lipinski definition) is 6. The molecule has 1 heterocycles. The van der Waals surface area contributed by atoms with E-state index in [2.05, 4.69) is 22.1 Å². The second-order valence-corrected chi connectivity index (χ2v) is 9.39. The zero-order valence-corrected chi connectivity index (χ0v) is 20.1. The van der Waals surface area contributed by atoms with Gasteiger partial charge in [-0.25, -0.2) is 4.98 Å². The number of aromatic nitrogens is 1. The number of amides is 2. The molecule has 2 atom stereocenters. The zero-order chi connectivity index (χ0) is 25.3. The molecular weight excluding hydrogens is 466 g/mol. The molecule has 2 amide bonds. The van der Waals surface area contributed by atoms with Crippen molar-refractivity contribution < 1.29 is 23.6 Å². The lowest BCUT2D eigenvalue weighted by Crippen LogP contribution is -2.47. The van der Waals surface area contributed by atoms with Gasteiger partial charge in [-0.05, 0) is 62.6 Å². The van der Waals surface area contributed by atoms with Gasteiger partial charge in [0.15, 0.2) is 0 Å². The van der Waals surface area contributed by atoms with Crippen LogP contribution in [-0.2, 0) is 15.6 Å². The van der Waals surface area contributed by atoms with E-state index >= 15 is 0 Å². The summed E-state index contributed by atoms with van der Waals surface area (Å²) in [5, 5.41) is 14.5. The highest BCUT2D eigenvalue weighted by Gasteiger charge is 2.41. The molecule has 1 aromatic heterocycles. The third kappa shape index (κ3) is 6.66. The van der Waals surface area contributed by atoms with Crippen LogP contribution in [0.15, 0.2) is 65.6 Å². The van der Waals surface area contributed by atoms with E-state index in [0.29, 0.717) is 30.8 Å². The number of aliphatic hydroxyl groups is 1. The Hall–Kier alpha value is -3.74. The number of nitrogens with zero attached hydrogens (tertiary/aromatic N) is 1. The SMILES string of the molecule is CC#CCOc1ccc(S(=O)C(O)(CCCCNC(=O)c2ccc3ccccc3n2)C(N)=O)cc1. The third-order valence-electron chi connectivity index (χ3n) is 5.28. The molecule has 35 heavy (non-hydrogen) atoms. The van der Waals surface area contributed by atoms with Crippen molar-refractivity contribution in [2.45, 2.75) is 36.0 Å². The van der Waals surface area contributed by atoms with Crippen LogP contribution >= 0.6 is 0 Å². The predicted molar refractivity (Wildman–Crippen MR) is 134 cm³/mol. The summed E-state index contributed by atoms with van der Waals surface area (Å²) in [5.74, 6) is 4.61. The Labute approximate surface area is 206 Å². The predicted octanol–water partition coefficient (Wildman–Crippen LogP) is 2.52. The number of primary amides is 1. The van der Waals surface area contributed by atoms with Crippen LogP contribution in [0.4, 0.5) is 0 Å². The Morgan fingerprint density at radius 1 is 1.11 bits per heavy atom. The molecule has 0 saturated carbocycles. The molecule has 2 aromatic carbocycles. The number of ether oxygens (including phenoxy) is 1. The van der Waals surface area contributed by atoms with Gasteiger partial charge in [0, 0.05) is 16.8 Å². The quantitative estimate of drug-likeness (QED) is 0.278. The fraction of sp³-hybridized carbons (Fsp3) is 0.269. The van der Waals surface area contributed by atoms with E-state index in [1.165, 1.54) is 12.1 Å². The van der Waals surface area contributed by atoms with Gasteiger partial charge in [-0.1, -0.05) is 30.2 Å². The summed E-state index contributed by atoms with van der Waals surface area (Å²) in [6.45, 7) is 2.22. The lowest BCUT2D eigenvalue weighted by molar-refractivity contribution is -0.129. The average Bonchev–Trinajstić information content (AvgIpc) is 2.88. The van der Waals surface area contributed by atoms with Gasteiger partial charge < -0.3 is 20.9 Å². The summed E-state index contributed by atoms with van der Waals surface area (Å²) in [6, 6.07) is 17.2. The van der Waals surface area contributed by atoms with Gasteiger partial charge in [0.2, 0.25) is 4.93 Å². The summed E-state index contributed by atoms with van der Waals surface area (Å²) >= 11 is 0. The first-order valence-corrected chi connectivity index (χ1v) is 12.2. The van der Waals surface area contributed by atoms with Gasteiger partial charge in [-0.3, -0.25) is 13.8 Å². The van der Waals surface area contributed by atoms with E-state index in [0.717, 1.165) is 10.9 Å². The number of nitrogens with one attached hydrogen (secondary N) is 1. The molecule has 9 heteroatoms. The minimum Gasteiger partial charge on any atom is -0.481 e. The molecule has 2 unspecified atom stereocenters. The van der Waals surface area contributed by atoms with Gasteiger partial charge >= 0.3 is 0 Å². The maximum Gasteiger partial charge on any atom is 0.269 e. The molecule has 0 aliphatic rings. The van der Waals surface area contributed by atoms with Crippen molar-refractivity contribution in [1.82, 2.24) is 10.3 Å².